The number of carbonyl (C=O) groups is 3. The molecule has 0 saturated carbocycles. The fraction of sp³-hybridized carbons (Fsp3) is 0.571. The highest BCUT2D eigenvalue weighted by atomic mass is 16.4. The Hall–Kier alpha value is -1.59. The van der Waals surface area contributed by atoms with Crippen LogP contribution in [0.1, 0.15) is 13.8 Å². The summed E-state index contributed by atoms with van der Waals surface area (Å²) in [6.07, 6.45) is 0. The van der Waals surface area contributed by atoms with Gasteiger partial charge >= 0.3 is 12.0 Å². The van der Waals surface area contributed by atoms with E-state index in [-0.39, 0.29) is 0 Å². The van der Waals surface area contributed by atoms with Crippen molar-refractivity contribution in [1.29, 1.82) is 0 Å². The molecule has 1 saturated heterocycles. The number of hydrogen-bond donors (Lipinski definition) is 3. The van der Waals surface area contributed by atoms with Crippen LogP contribution in [0.4, 0.5) is 4.79 Å². The van der Waals surface area contributed by atoms with Crippen molar-refractivity contribution in [2.45, 2.75) is 19.9 Å². The molecule has 0 aromatic rings. The van der Waals surface area contributed by atoms with Crippen molar-refractivity contribution in [2.75, 3.05) is 0 Å². The standard InChI is InChI=1S/C7H10N2O4/c1-7(2,5(11)12)3-4(10)9-6(13)8-3/h3H,1-2H3,(H,11,12)(H2,8,9,10,13). The number of carbonyl (C=O) groups excluding carboxylic acids is 2. The van der Waals surface area contributed by atoms with Crippen LogP contribution in [0.15, 0.2) is 0 Å². The molecular formula is C7H10N2O4. The summed E-state index contributed by atoms with van der Waals surface area (Å²) in [5.41, 5.74) is -1.30. The van der Waals surface area contributed by atoms with E-state index in [9.17, 15) is 14.4 Å². The van der Waals surface area contributed by atoms with Gasteiger partial charge in [-0.2, -0.15) is 0 Å². The first-order chi connectivity index (χ1) is 5.85. The summed E-state index contributed by atoms with van der Waals surface area (Å²) in [7, 11) is 0. The molecule has 0 aliphatic carbocycles. The molecular weight excluding hydrogens is 176 g/mol. The van der Waals surface area contributed by atoms with Gasteiger partial charge in [-0.15, -0.1) is 0 Å². The van der Waals surface area contributed by atoms with Gasteiger partial charge in [0.2, 0.25) is 0 Å². The highest BCUT2D eigenvalue weighted by Gasteiger charge is 2.46. The molecule has 6 heteroatoms. The lowest BCUT2D eigenvalue weighted by Crippen LogP contribution is -2.47. The van der Waals surface area contributed by atoms with Crippen molar-refractivity contribution >= 4 is 17.9 Å². The Labute approximate surface area is 74.3 Å². The average molecular weight is 186 g/mol. The second-order valence-corrected chi connectivity index (χ2v) is 3.42. The van der Waals surface area contributed by atoms with Gasteiger partial charge in [0.05, 0.1) is 5.41 Å². The Morgan fingerprint density at radius 1 is 1.46 bits per heavy atom. The van der Waals surface area contributed by atoms with Crippen LogP contribution in [0.3, 0.4) is 0 Å². The molecule has 0 spiro atoms. The minimum Gasteiger partial charge on any atom is -0.481 e. The van der Waals surface area contributed by atoms with E-state index in [0.717, 1.165) is 0 Å². The van der Waals surface area contributed by atoms with Gasteiger partial charge < -0.3 is 10.4 Å². The van der Waals surface area contributed by atoms with Gasteiger partial charge in [0.1, 0.15) is 6.04 Å². The summed E-state index contributed by atoms with van der Waals surface area (Å²) in [5.74, 6) is -1.73. The van der Waals surface area contributed by atoms with E-state index in [1.165, 1.54) is 13.8 Å². The molecule has 0 radical (unpaired) electrons. The van der Waals surface area contributed by atoms with Gasteiger partial charge in [-0.1, -0.05) is 0 Å². The van der Waals surface area contributed by atoms with Crippen LogP contribution >= 0.6 is 0 Å². The van der Waals surface area contributed by atoms with Crippen molar-refractivity contribution < 1.29 is 19.5 Å². The van der Waals surface area contributed by atoms with Gasteiger partial charge in [-0.25, -0.2) is 4.79 Å². The van der Waals surface area contributed by atoms with Crippen molar-refractivity contribution in [3.8, 4) is 0 Å². The highest BCUT2D eigenvalue weighted by molar-refractivity contribution is 6.06. The summed E-state index contributed by atoms with van der Waals surface area (Å²) in [5, 5.41) is 13.0. The summed E-state index contributed by atoms with van der Waals surface area (Å²) < 4.78 is 0. The van der Waals surface area contributed by atoms with E-state index in [4.69, 9.17) is 5.11 Å². The predicted octanol–water partition coefficient (Wildman–Crippen LogP) is -0.695. The topological polar surface area (TPSA) is 95.5 Å². The van der Waals surface area contributed by atoms with Crippen LogP contribution < -0.4 is 10.6 Å². The molecule has 0 aromatic carbocycles. The number of amides is 3. The first-order valence-electron chi connectivity index (χ1n) is 3.70. The molecule has 0 bridgehead atoms. The number of urea groups is 1. The van der Waals surface area contributed by atoms with Gasteiger partial charge in [0.15, 0.2) is 0 Å². The highest BCUT2D eigenvalue weighted by Crippen LogP contribution is 2.22. The van der Waals surface area contributed by atoms with Crippen molar-refractivity contribution in [3.05, 3.63) is 0 Å². The lowest BCUT2D eigenvalue weighted by Gasteiger charge is -2.23. The first kappa shape index (κ1) is 9.50. The number of rotatable bonds is 2. The van der Waals surface area contributed by atoms with E-state index >= 15 is 0 Å². The summed E-state index contributed by atoms with van der Waals surface area (Å²) in [6.45, 7) is 2.76. The largest absolute Gasteiger partial charge is 0.481 e. The third kappa shape index (κ3) is 1.47. The molecule has 6 nitrogen and oxygen atoms in total. The molecule has 1 unspecified atom stereocenters. The maximum atomic E-state index is 11.1. The van der Waals surface area contributed by atoms with E-state index in [2.05, 4.69) is 5.32 Å². The van der Waals surface area contributed by atoms with Crippen LogP contribution in [-0.4, -0.2) is 29.1 Å². The maximum Gasteiger partial charge on any atom is 0.322 e. The SMILES string of the molecule is CC(C)(C(=O)O)C1NC(=O)NC1=O. The van der Waals surface area contributed by atoms with Gasteiger partial charge in [-0.3, -0.25) is 14.9 Å². The van der Waals surface area contributed by atoms with E-state index < -0.39 is 29.4 Å². The molecule has 3 N–H and O–H groups in total. The van der Waals surface area contributed by atoms with Crippen LogP contribution in [-0.2, 0) is 9.59 Å². The van der Waals surface area contributed by atoms with Crippen molar-refractivity contribution in [2.24, 2.45) is 5.41 Å². The summed E-state index contributed by atoms with van der Waals surface area (Å²) in [4.78, 5) is 32.5. The van der Waals surface area contributed by atoms with Crippen molar-refractivity contribution in [1.82, 2.24) is 10.6 Å². The fourth-order valence-corrected chi connectivity index (χ4v) is 1.05. The van der Waals surface area contributed by atoms with Crippen LogP contribution in [0, 0.1) is 5.41 Å². The molecule has 1 aliphatic rings. The van der Waals surface area contributed by atoms with Crippen LogP contribution in [0.5, 0.6) is 0 Å². The fourth-order valence-electron chi connectivity index (χ4n) is 1.05. The lowest BCUT2D eigenvalue weighted by atomic mass is 9.84. The molecule has 13 heavy (non-hydrogen) atoms. The second-order valence-electron chi connectivity index (χ2n) is 3.42. The predicted molar refractivity (Wildman–Crippen MR) is 41.9 cm³/mol. The normalized spacial score (nSPS) is 22.5. The number of imide groups is 1. The number of hydrogen-bond acceptors (Lipinski definition) is 3. The Balaban J connectivity index is 2.89. The monoisotopic (exact) mass is 186 g/mol. The summed E-state index contributed by atoms with van der Waals surface area (Å²) in [6, 6.07) is -1.65. The van der Waals surface area contributed by atoms with E-state index in [1.54, 1.807) is 0 Å². The smallest absolute Gasteiger partial charge is 0.322 e. The first-order valence-corrected chi connectivity index (χ1v) is 3.70. The minimum atomic E-state index is -1.30. The minimum absolute atomic E-state index is 0.600. The zero-order chi connectivity index (χ0) is 10.2. The van der Waals surface area contributed by atoms with E-state index in [0.29, 0.717) is 0 Å². The summed E-state index contributed by atoms with van der Waals surface area (Å²) >= 11 is 0. The molecule has 1 heterocycles. The molecule has 3 amide bonds. The van der Waals surface area contributed by atoms with Crippen molar-refractivity contribution in [3.63, 3.8) is 0 Å². The average Bonchev–Trinajstić information content (AvgIpc) is 2.30. The Bertz CT molecular complexity index is 284. The third-order valence-electron chi connectivity index (χ3n) is 2.05. The molecule has 0 aromatic heterocycles. The Morgan fingerprint density at radius 2 is 2.00 bits per heavy atom. The van der Waals surface area contributed by atoms with E-state index in [1.807, 2.05) is 5.32 Å². The van der Waals surface area contributed by atoms with Gasteiger partial charge in [0, 0.05) is 0 Å². The number of carboxylic acid groups (broad SMARTS) is 1. The molecule has 72 valence electrons. The third-order valence-corrected chi connectivity index (χ3v) is 2.05. The van der Waals surface area contributed by atoms with Gasteiger partial charge in [0.25, 0.3) is 5.91 Å². The number of carboxylic acids is 1. The van der Waals surface area contributed by atoms with Gasteiger partial charge in [-0.05, 0) is 13.8 Å². The number of nitrogens with one attached hydrogen (secondary N) is 2. The van der Waals surface area contributed by atoms with Crippen LogP contribution in [0.2, 0.25) is 0 Å². The molecule has 1 aliphatic heterocycles. The van der Waals surface area contributed by atoms with Crippen LogP contribution in [0.25, 0.3) is 0 Å². The quantitative estimate of drug-likeness (QED) is 0.497. The Morgan fingerprint density at radius 3 is 2.31 bits per heavy atom. The molecule has 1 atom stereocenters. The maximum absolute atomic E-state index is 11.1. The molecule has 1 fully saturated rings. The zero-order valence-electron chi connectivity index (χ0n) is 7.25. The lowest BCUT2D eigenvalue weighted by molar-refractivity contribution is -0.150. The Kier molecular flexibility index (Phi) is 1.99. The number of aliphatic carboxylic acids is 1. The molecule has 1 rings (SSSR count). The second kappa shape index (κ2) is 2.72. The zero-order valence-corrected chi connectivity index (χ0v) is 7.25.